The minimum absolute atomic E-state index is 0.911. The highest BCUT2D eigenvalue weighted by Gasteiger charge is 2.09. The standard InChI is InChI=1S/C8H14S/c1-7-3-5-8(9-2)6-4-7/h3,8H,4-6H2,1-2H3. The summed E-state index contributed by atoms with van der Waals surface area (Å²) in [5.41, 5.74) is 1.58. The first-order valence-corrected chi connectivity index (χ1v) is 4.80. The lowest BCUT2D eigenvalue weighted by molar-refractivity contribution is 0.719. The van der Waals surface area contributed by atoms with Crippen LogP contribution in [0.4, 0.5) is 0 Å². The molecule has 0 saturated heterocycles. The molecule has 0 amide bonds. The molecule has 0 aromatic heterocycles. The Morgan fingerprint density at radius 2 is 2.44 bits per heavy atom. The van der Waals surface area contributed by atoms with Gasteiger partial charge in [-0.25, -0.2) is 0 Å². The lowest BCUT2D eigenvalue weighted by Gasteiger charge is -2.17. The van der Waals surface area contributed by atoms with Crippen molar-refractivity contribution in [2.75, 3.05) is 6.26 Å². The van der Waals surface area contributed by atoms with Gasteiger partial charge in [0.1, 0.15) is 0 Å². The molecule has 9 heavy (non-hydrogen) atoms. The van der Waals surface area contributed by atoms with E-state index in [2.05, 4.69) is 19.3 Å². The van der Waals surface area contributed by atoms with Crippen molar-refractivity contribution in [3.05, 3.63) is 11.6 Å². The van der Waals surface area contributed by atoms with Crippen LogP contribution in [-0.4, -0.2) is 11.5 Å². The normalized spacial score (nSPS) is 27.8. The average Bonchev–Trinajstić information content (AvgIpc) is 1.90. The molecule has 1 atom stereocenters. The summed E-state index contributed by atoms with van der Waals surface area (Å²) in [4.78, 5) is 0. The average molecular weight is 142 g/mol. The van der Waals surface area contributed by atoms with Crippen molar-refractivity contribution in [3.8, 4) is 0 Å². The van der Waals surface area contributed by atoms with E-state index in [1.165, 1.54) is 19.3 Å². The Balaban J connectivity index is 2.36. The third-order valence-electron chi connectivity index (χ3n) is 1.92. The Hall–Kier alpha value is 0.0900. The third kappa shape index (κ3) is 2.05. The Labute approximate surface area is 61.7 Å². The van der Waals surface area contributed by atoms with E-state index < -0.39 is 0 Å². The summed E-state index contributed by atoms with van der Waals surface area (Å²) >= 11 is 2.00. The first-order chi connectivity index (χ1) is 4.33. The van der Waals surface area contributed by atoms with Crippen LogP contribution in [0.2, 0.25) is 0 Å². The Bertz CT molecular complexity index is 116. The van der Waals surface area contributed by atoms with Crippen molar-refractivity contribution in [3.63, 3.8) is 0 Å². The molecule has 0 aliphatic heterocycles. The molecule has 1 unspecified atom stereocenters. The maximum absolute atomic E-state index is 2.38. The summed E-state index contributed by atoms with van der Waals surface area (Å²) in [6.07, 6.45) is 8.60. The first-order valence-electron chi connectivity index (χ1n) is 3.51. The fourth-order valence-electron chi connectivity index (χ4n) is 1.16. The van der Waals surface area contributed by atoms with Gasteiger partial charge in [-0.3, -0.25) is 0 Å². The summed E-state index contributed by atoms with van der Waals surface area (Å²) in [6.45, 7) is 2.23. The van der Waals surface area contributed by atoms with Gasteiger partial charge in [-0.05, 0) is 32.4 Å². The van der Waals surface area contributed by atoms with Crippen LogP contribution in [0.3, 0.4) is 0 Å². The van der Waals surface area contributed by atoms with Crippen molar-refractivity contribution >= 4 is 11.8 Å². The van der Waals surface area contributed by atoms with Crippen LogP contribution in [0.25, 0.3) is 0 Å². The zero-order valence-electron chi connectivity index (χ0n) is 6.18. The number of thioether (sulfide) groups is 1. The van der Waals surface area contributed by atoms with Crippen LogP contribution in [0.5, 0.6) is 0 Å². The van der Waals surface area contributed by atoms with Crippen LogP contribution < -0.4 is 0 Å². The summed E-state index contributed by atoms with van der Waals surface area (Å²) in [5.74, 6) is 0. The number of allylic oxidation sites excluding steroid dienone is 2. The highest BCUT2D eigenvalue weighted by molar-refractivity contribution is 7.99. The second kappa shape index (κ2) is 3.31. The number of hydrogen-bond donors (Lipinski definition) is 0. The molecule has 0 radical (unpaired) electrons. The summed E-state index contributed by atoms with van der Waals surface area (Å²) in [7, 11) is 0. The molecular formula is C8H14S. The van der Waals surface area contributed by atoms with E-state index in [1.54, 1.807) is 5.57 Å². The van der Waals surface area contributed by atoms with Crippen LogP contribution in [0.1, 0.15) is 26.2 Å². The zero-order chi connectivity index (χ0) is 6.69. The molecule has 0 fully saturated rings. The van der Waals surface area contributed by atoms with Gasteiger partial charge >= 0.3 is 0 Å². The molecule has 1 heteroatoms. The molecule has 0 bridgehead atoms. The molecule has 0 N–H and O–H groups in total. The van der Waals surface area contributed by atoms with Gasteiger partial charge in [0.25, 0.3) is 0 Å². The molecule has 0 aromatic carbocycles. The van der Waals surface area contributed by atoms with E-state index in [9.17, 15) is 0 Å². The number of hydrogen-bond acceptors (Lipinski definition) is 1. The van der Waals surface area contributed by atoms with Crippen molar-refractivity contribution in [1.82, 2.24) is 0 Å². The molecule has 0 aromatic rings. The van der Waals surface area contributed by atoms with E-state index in [4.69, 9.17) is 0 Å². The smallest absolute Gasteiger partial charge is 0.00819 e. The Morgan fingerprint density at radius 1 is 1.67 bits per heavy atom. The first kappa shape index (κ1) is 7.20. The van der Waals surface area contributed by atoms with Crippen molar-refractivity contribution in [2.24, 2.45) is 0 Å². The monoisotopic (exact) mass is 142 g/mol. The summed E-state index contributed by atoms with van der Waals surface area (Å²) in [5, 5.41) is 0.911. The molecule has 0 spiro atoms. The largest absolute Gasteiger partial charge is 0.162 e. The SMILES string of the molecule is CSC1CC=C(C)CC1. The second-order valence-electron chi connectivity index (χ2n) is 2.68. The summed E-state index contributed by atoms with van der Waals surface area (Å²) < 4.78 is 0. The molecule has 0 heterocycles. The molecular weight excluding hydrogens is 128 g/mol. The van der Waals surface area contributed by atoms with Gasteiger partial charge in [0.2, 0.25) is 0 Å². The quantitative estimate of drug-likeness (QED) is 0.507. The van der Waals surface area contributed by atoms with Crippen LogP contribution in [-0.2, 0) is 0 Å². The molecule has 1 aliphatic carbocycles. The lowest BCUT2D eigenvalue weighted by atomic mass is 10.0. The molecule has 52 valence electrons. The molecule has 0 nitrogen and oxygen atoms in total. The van der Waals surface area contributed by atoms with Crippen molar-refractivity contribution in [1.29, 1.82) is 0 Å². The molecule has 1 aliphatic rings. The minimum Gasteiger partial charge on any atom is -0.162 e. The maximum atomic E-state index is 2.38. The predicted molar refractivity (Wildman–Crippen MR) is 44.9 cm³/mol. The van der Waals surface area contributed by atoms with Crippen LogP contribution >= 0.6 is 11.8 Å². The van der Waals surface area contributed by atoms with E-state index >= 15 is 0 Å². The van der Waals surface area contributed by atoms with Gasteiger partial charge in [-0.15, -0.1) is 0 Å². The Kier molecular flexibility index (Phi) is 2.65. The maximum Gasteiger partial charge on any atom is 0.00819 e. The van der Waals surface area contributed by atoms with Gasteiger partial charge < -0.3 is 0 Å². The van der Waals surface area contributed by atoms with Gasteiger partial charge in [0, 0.05) is 5.25 Å². The van der Waals surface area contributed by atoms with E-state index in [0.29, 0.717) is 0 Å². The van der Waals surface area contributed by atoms with E-state index in [0.717, 1.165) is 5.25 Å². The van der Waals surface area contributed by atoms with Crippen LogP contribution in [0.15, 0.2) is 11.6 Å². The highest BCUT2D eigenvalue weighted by Crippen LogP contribution is 2.25. The molecule has 1 rings (SSSR count). The second-order valence-corrected chi connectivity index (χ2v) is 3.82. The zero-order valence-corrected chi connectivity index (χ0v) is 7.00. The predicted octanol–water partition coefficient (Wildman–Crippen LogP) is 2.85. The fraction of sp³-hybridized carbons (Fsp3) is 0.750. The third-order valence-corrected chi connectivity index (χ3v) is 3.02. The fourth-order valence-corrected chi connectivity index (χ4v) is 1.80. The van der Waals surface area contributed by atoms with E-state index in [1.807, 2.05) is 11.8 Å². The van der Waals surface area contributed by atoms with Crippen molar-refractivity contribution < 1.29 is 0 Å². The Morgan fingerprint density at radius 3 is 2.89 bits per heavy atom. The van der Waals surface area contributed by atoms with E-state index in [-0.39, 0.29) is 0 Å². The van der Waals surface area contributed by atoms with Gasteiger partial charge in [-0.1, -0.05) is 11.6 Å². The van der Waals surface area contributed by atoms with Gasteiger partial charge in [0.05, 0.1) is 0 Å². The van der Waals surface area contributed by atoms with Gasteiger partial charge in [-0.2, -0.15) is 11.8 Å². The topological polar surface area (TPSA) is 0 Å². The lowest BCUT2D eigenvalue weighted by Crippen LogP contribution is -2.05. The highest BCUT2D eigenvalue weighted by atomic mass is 32.2. The van der Waals surface area contributed by atoms with Crippen LogP contribution in [0, 0.1) is 0 Å². The van der Waals surface area contributed by atoms with Gasteiger partial charge in [0.15, 0.2) is 0 Å². The minimum atomic E-state index is 0.911. The molecule has 0 saturated carbocycles. The van der Waals surface area contributed by atoms with Crippen molar-refractivity contribution in [2.45, 2.75) is 31.4 Å². The number of rotatable bonds is 1. The summed E-state index contributed by atoms with van der Waals surface area (Å²) in [6, 6.07) is 0.